The second-order valence-corrected chi connectivity index (χ2v) is 7.88. The Morgan fingerprint density at radius 1 is 1.04 bits per heavy atom. The van der Waals surface area contributed by atoms with Crippen molar-refractivity contribution >= 4 is 23.5 Å². The number of likely N-dealkylation sites (tertiary alicyclic amines) is 1. The molecule has 27 heavy (non-hydrogen) atoms. The first-order chi connectivity index (χ1) is 13.0. The predicted molar refractivity (Wildman–Crippen MR) is 102 cm³/mol. The third kappa shape index (κ3) is 4.67. The minimum atomic E-state index is -0.905. The monoisotopic (exact) mass is 372 g/mol. The van der Waals surface area contributed by atoms with Gasteiger partial charge in [0.15, 0.2) is 0 Å². The van der Waals surface area contributed by atoms with Crippen LogP contribution in [0.5, 0.6) is 0 Å². The molecular formula is C21H28N2O4. The number of aliphatic carboxylic acids is 1. The lowest BCUT2D eigenvalue weighted by molar-refractivity contribution is -0.147. The number of benzene rings is 1. The molecule has 1 aromatic rings. The zero-order valence-corrected chi connectivity index (χ0v) is 15.8. The summed E-state index contributed by atoms with van der Waals surface area (Å²) in [7, 11) is 0. The molecule has 0 spiro atoms. The van der Waals surface area contributed by atoms with Crippen LogP contribution in [0.3, 0.4) is 0 Å². The number of anilines is 1. The molecule has 0 bridgehead atoms. The average Bonchev–Trinajstić information content (AvgIpc) is 2.68. The molecule has 1 saturated carbocycles. The molecule has 0 unspecified atom stereocenters. The van der Waals surface area contributed by atoms with E-state index in [4.69, 9.17) is 0 Å². The fourth-order valence-electron chi connectivity index (χ4n) is 4.10. The van der Waals surface area contributed by atoms with E-state index in [-0.39, 0.29) is 11.8 Å². The number of hydrogen-bond acceptors (Lipinski definition) is 3. The van der Waals surface area contributed by atoms with Crippen molar-refractivity contribution < 1.29 is 19.5 Å². The van der Waals surface area contributed by atoms with Crippen LogP contribution in [-0.2, 0) is 9.59 Å². The number of carboxylic acids is 1. The van der Waals surface area contributed by atoms with Crippen LogP contribution in [0.2, 0.25) is 0 Å². The van der Waals surface area contributed by atoms with Crippen molar-refractivity contribution in [3.8, 4) is 0 Å². The maximum atomic E-state index is 12.7. The number of nitrogens with one attached hydrogen (secondary N) is 1. The number of carbonyl (C=O) groups is 3. The topological polar surface area (TPSA) is 86.7 Å². The third-order valence-corrected chi connectivity index (χ3v) is 5.87. The summed E-state index contributed by atoms with van der Waals surface area (Å²) in [5, 5.41) is 12.2. The number of carbonyl (C=O) groups excluding carboxylic acids is 2. The molecule has 6 nitrogen and oxygen atoms in total. The molecule has 1 aliphatic carbocycles. The molecule has 1 saturated heterocycles. The first kappa shape index (κ1) is 19.4. The van der Waals surface area contributed by atoms with Crippen LogP contribution < -0.4 is 5.32 Å². The van der Waals surface area contributed by atoms with E-state index in [0.717, 1.165) is 38.8 Å². The second-order valence-electron chi connectivity index (χ2n) is 7.88. The molecule has 0 aromatic heterocycles. The molecule has 3 rings (SSSR count). The summed E-state index contributed by atoms with van der Waals surface area (Å²) in [5.74, 6) is -1.67. The van der Waals surface area contributed by atoms with Crippen molar-refractivity contribution in [3.05, 3.63) is 29.8 Å². The molecule has 2 amide bonds. The van der Waals surface area contributed by atoms with Crippen molar-refractivity contribution in [2.45, 2.75) is 45.4 Å². The molecule has 1 heterocycles. The summed E-state index contributed by atoms with van der Waals surface area (Å²) in [6, 6.07) is 6.95. The van der Waals surface area contributed by atoms with Gasteiger partial charge in [0.2, 0.25) is 5.91 Å². The Kier molecular flexibility index (Phi) is 6.14. The van der Waals surface area contributed by atoms with E-state index in [9.17, 15) is 19.5 Å². The van der Waals surface area contributed by atoms with Gasteiger partial charge in [-0.15, -0.1) is 0 Å². The normalized spacial score (nSPS) is 23.7. The number of hydrogen-bond donors (Lipinski definition) is 2. The highest BCUT2D eigenvalue weighted by Gasteiger charge is 2.35. The first-order valence-electron chi connectivity index (χ1n) is 9.88. The Balaban J connectivity index is 1.67. The summed E-state index contributed by atoms with van der Waals surface area (Å²) < 4.78 is 0. The molecule has 2 N–H and O–H groups in total. The lowest BCUT2D eigenvalue weighted by Crippen LogP contribution is -2.38. The van der Waals surface area contributed by atoms with Crippen molar-refractivity contribution in [1.82, 2.24) is 4.90 Å². The summed E-state index contributed by atoms with van der Waals surface area (Å²) in [6.07, 6.45) is 4.88. The Morgan fingerprint density at radius 3 is 2.37 bits per heavy atom. The van der Waals surface area contributed by atoms with Gasteiger partial charge < -0.3 is 15.3 Å². The van der Waals surface area contributed by atoms with E-state index in [1.807, 2.05) is 4.90 Å². The lowest BCUT2D eigenvalue weighted by atomic mass is 9.78. The van der Waals surface area contributed by atoms with Crippen LogP contribution in [0, 0.1) is 17.8 Å². The molecular weight excluding hydrogens is 344 g/mol. The van der Waals surface area contributed by atoms with Gasteiger partial charge in [0.1, 0.15) is 0 Å². The fraction of sp³-hybridized carbons (Fsp3) is 0.571. The van der Waals surface area contributed by atoms with Crippen LogP contribution >= 0.6 is 0 Å². The average molecular weight is 372 g/mol. The quantitative estimate of drug-likeness (QED) is 0.848. The number of rotatable bonds is 4. The summed E-state index contributed by atoms with van der Waals surface area (Å²) in [5.41, 5.74) is 1.10. The van der Waals surface area contributed by atoms with E-state index in [1.165, 1.54) is 0 Å². The Morgan fingerprint density at radius 2 is 1.70 bits per heavy atom. The van der Waals surface area contributed by atoms with Gasteiger partial charge in [-0.25, -0.2) is 0 Å². The zero-order valence-electron chi connectivity index (χ0n) is 15.8. The Hall–Kier alpha value is -2.37. The van der Waals surface area contributed by atoms with Gasteiger partial charge in [0.25, 0.3) is 5.91 Å². The summed E-state index contributed by atoms with van der Waals surface area (Å²) in [6.45, 7) is 3.73. The van der Waals surface area contributed by atoms with Gasteiger partial charge in [-0.2, -0.15) is 0 Å². The number of amides is 2. The predicted octanol–water partition coefficient (Wildman–Crippen LogP) is 3.39. The van der Waals surface area contributed by atoms with Gasteiger partial charge in [0, 0.05) is 24.3 Å². The zero-order chi connectivity index (χ0) is 19.4. The Bertz CT molecular complexity index is 710. The van der Waals surface area contributed by atoms with Crippen molar-refractivity contribution in [2.24, 2.45) is 17.8 Å². The summed E-state index contributed by atoms with van der Waals surface area (Å²) >= 11 is 0. The number of nitrogens with zero attached hydrogens (tertiary/aromatic N) is 1. The standard InChI is InChI=1S/C21H28N2O4/c1-14-9-11-23(12-10-14)20(25)15-5-4-6-16(13-15)22-19(24)17-7-2-3-8-18(17)21(26)27/h4-6,13-14,17-18H,2-3,7-12H2,1H3,(H,22,24)(H,26,27)/t17-,18-/m1/s1. The van der Waals surface area contributed by atoms with E-state index >= 15 is 0 Å². The molecule has 146 valence electrons. The van der Waals surface area contributed by atoms with Gasteiger partial charge >= 0.3 is 5.97 Å². The van der Waals surface area contributed by atoms with Crippen molar-refractivity contribution in [3.63, 3.8) is 0 Å². The molecule has 2 fully saturated rings. The summed E-state index contributed by atoms with van der Waals surface area (Å²) in [4.78, 5) is 38.7. The minimum absolute atomic E-state index is 0.0147. The SMILES string of the molecule is CC1CCN(C(=O)c2cccc(NC(=O)[C@@H]3CCCC[C@H]3C(=O)O)c2)CC1. The van der Waals surface area contributed by atoms with Gasteiger partial charge in [-0.05, 0) is 49.8 Å². The molecule has 0 radical (unpaired) electrons. The Labute approximate surface area is 159 Å². The smallest absolute Gasteiger partial charge is 0.307 e. The molecule has 2 atom stereocenters. The maximum absolute atomic E-state index is 12.7. The van der Waals surface area contributed by atoms with Crippen LogP contribution in [0.15, 0.2) is 24.3 Å². The fourth-order valence-corrected chi connectivity index (χ4v) is 4.10. The van der Waals surface area contributed by atoms with Crippen LogP contribution in [0.25, 0.3) is 0 Å². The van der Waals surface area contributed by atoms with Gasteiger partial charge in [0.05, 0.1) is 11.8 Å². The maximum Gasteiger partial charge on any atom is 0.307 e. The first-order valence-corrected chi connectivity index (χ1v) is 9.88. The molecule has 1 aliphatic heterocycles. The van der Waals surface area contributed by atoms with Crippen LogP contribution in [0.1, 0.15) is 55.8 Å². The van der Waals surface area contributed by atoms with Crippen LogP contribution in [0.4, 0.5) is 5.69 Å². The lowest BCUT2D eigenvalue weighted by Gasteiger charge is -2.30. The highest BCUT2D eigenvalue weighted by Crippen LogP contribution is 2.31. The van der Waals surface area contributed by atoms with E-state index < -0.39 is 17.8 Å². The molecule has 2 aliphatic rings. The minimum Gasteiger partial charge on any atom is -0.481 e. The van der Waals surface area contributed by atoms with Gasteiger partial charge in [-0.1, -0.05) is 25.8 Å². The van der Waals surface area contributed by atoms with E-state index in [0.29, 0.717) is 30.0 Å². The third-order valence-electron chi connectivity index (χ3n) is 5.87. The van der Waals surface area contributed by atoms with Gasteiger partial charge in [-0.3, -0.25) is 14.4 Å². The second kappa shape index (κ2) is 8.55. The van der Waals surface area contributed by atoms with E-state index in [2.05, 4.69) is 12.2 Å². The number of carboxylic acid groups (broad SMARTS) is 1. The van der Waals surface area contributed by atoms with Crippen LogP contribution in [-0.4, -0.2) is 40.9 Å². The molecule has 6 heteroatoms. The highest BCUT2D eigenvalue weighted by atomic mass is 16.4. The number of piperidine rings is 1. The van der Waals surface area contributed by atoms with Crippen molar-refractivity contribution in [1.29, 1.82) is 0 Å². The highest BCUT2D eigenvalue weighted by molar-refractivity contribution is 5.98. The molecule has 1 aromatic carbocycles. The van der Waals surface area contributed by atoms with E-state index in [1.54, 1.807) is 24.3 Å². The van der Waals surface area contributed by atoms with Crippen molar-refractivity contribution in [2.75, 3.05) is 18.4 Å². The largest absolute Gasteiger partial charge is 0.481 e.